The second kappa shape index (κ2) is 10.4. The average Bonchev–Trinajstić information content (AvgIpc) is 2.70. The minimum absolute atomic E-state index is 0.0735. The number of hydrogen-bond donors (Lipinski definition) is 1. The smallest absolute Gasteiger partial charge is 0.422 e. The van der Waals surface area contributed by atoms with E-state index in [2.05, 4.69) is 10.1 Å². The third kappa shape index (κ3) is 7.84. The predicted octanol–water partition coefficient (Wildman–Crippen LogP) is 3.30. The van der Waals surface area contributed by atoms with Gasteiger partial charge in [-0.1, -0.05) is 6.07 Å². The number of anilines is 1. The zero-order valence-electron chi connectivity index (χ0n) is 15.7. The molecule has 1 heterocycles. The molecular weight excluding hydrogens is 413 g/mol. The van der Waals surface area contributed by atoms with Gasteiger partial charge in [0.2, 0.25) is 0 Å². The highest BCUT2D eigenvalue weighted by Gasteiger charge is 2.33. The molecule has 0 unspecified atom stereocenters. The van der Waals surface area contributed by atoms with Crippen LogP contribution in [-0.4, -0.2) is 61.6 Å². The molecule has 1 aliphatic rings. The Bertz CT molecular complexity index is 736. The summed E-state index contributed by atoms with van der Waals surface area (Å²) in [7, 11) is 0. The van der Waals surface area contributed by atoms with Crippen LogP contribution in [0.25, 0.3) is 0 Å². The van der Waals surface area contributed by atoms with Crippen molar-refractivity contribution in [3.63, 3.8) is 0 Å². The van der Waals surface area contributed by atoms with Gasteiger partial charge in [-0.3, -0.25) is 9.59 Å². The van der Waals surface area contributed by atoms with Crippen LogP contribution in [0.3, 0.4) is 0 Å². The first-order valence-corrected chi connectivity index (χ1v) is 9.99. The van der Waals surface area contributed by atoms with Crippen LogP contribution in [-0.2, 0) is 19.1 Å². The fourth-order valence-corrected chi connectivity index (χ4v) is 3.14. The number of benzene rings is 1. The Balaban J connectivity index is 1.71. The molecule has 0 radical (unpaired) electrons. The molecule has 1 aliphatic heterocycles. The maximum Gasteiger partial charge on any atom is 0.422 e. The van der Waals surface area contributed by atoms with Crippen molar-refractivity contribution < 1.29 is 37.0 Å². The number of carbonyl (C=O) groups is 3. The van der Waals surface area contributed by atoms with Gasteiger partial charge in [0.25, 0.3) is 5.91 Å². The van der Waals surface area contributed by atoms with Crippen molar-refractivity contribution in [1.82, 2.24) is 4.90 Å². The highest BCUT2D eigenvalue weighted by Crippen LogP contribution is 2.21. The first kappa shape index (κ1) is 22.9. The van der Waals surface area contributed by atoms with Crippen molar-refractivity contribution in [2.24, 2.45) is 5.92 Å². The first-order chi connectivity index (χ1) is 13.7. The van der Waals surface area contributed by atoms with Crippen LogP contribution in [0.4, 0.5) is 23.7 Å². The summed E-state index contributed by atoms with van der Waals surface area (Å²) in [6.45, 7) is -1.95. The van der Waals surface area contributed by atoms with Crippen LogP contribution in [0, 0.1) is 5.92 Å². The Morgan fingerprint density at radius 1 is 1.21 bits per heavy atom. The van der Waals surface area contributed by atoms with Crippen LogP contribution in [0.5, 0.6) is 0 Å². The van der Waals surface area contributed by atoms with Gasteiger partial charge in [0.1, 0.15) is 0 Å². The van der Waals surface area contributed by atoms with Gasteiger partial charge in [-0.25, -0.2) is 4.79 Å². The van der Waals surface area contributed by atoms with E-state index in [4.69, 9.17) is 4.74 Å². The van der Waals surface area contributed by atoms with Gasteiger partial charge in [-0.15, -0.1) is 11.8 Å². The molecular formula is C18H21F3N2O5S. The summed E-state index contributed by atoms with van der Waals surface area (Å²) in [5.74, 6) is -1.60. The molecule has 0 bridgehead atoms. The van der Waals surface area contributed by atoms with E-state index >= 15 is 0 Å². The molecule has 1 fully saturated rings. The largest absolute Gasteiger partial charge is 0.455 e. The zero-order chi connectivity index (χ0) is 21.4. The van der Waals surface area contributed by atoms with E-state index in [1.807, 2.05) is 12.3 Å². The Morgan fingerprint density at radius 2 is 1.90 bits per heavy atom. The topological polar surface area (TPSA) is 84.9 Å². The summed E-state index contributed by atoms with van der Waals surface area (Å²) in [4.78, 5) is 37.7. The molecule has 2 rings (SSSR count). The van der Waals surface area contributed by atoms with E-state index in [9.17, 15) is 27.6 Å². The second-order valence-electron chi connectivity index (χ2n) is 6.32. The van der Waals surface area contributed by atoms with E-state index in [1.54, 1.807) is 18.2 Å². The molecule has 0 spiro atoms. The van der Waals surface area contributed by atoms with Crippen molar-refractivity contribution in [1.29, 1.82) is 0 Å². The Morgan fingerprint density at radius 3 is 2.52 bits per heavy atom. The number of ether oxygens (including phenoxy) is 2. The number of amides is 2. The highest BCUT2D eigenvalue weighted by molar-refractivity contribution is 7.98. The first-order valence-electron chi connectivity index (χ1n) is 8.77. The lowest BCUT2D eigenvalue weighted by molar-refractivity contribution is -0.163. The van der Waals surface area contributed by atoms with Crippen LogP contribution in [0.2, 0.25) is 0 Å². The van der Waals surface area contributed by atoms with Crippen molar-refractivity contribution in [3.8, 4) is 0 Å². The molecule has 7 nitrogen and oxygen atoms in total. The van der Waals surface area contributed by atoms with Crippen molar-refractivity contribution in [2.75, 3.05) is 37.9 Å². The summed E-state index contributed by atoms with van der Waals surface area (Å²) >= 11 is 1.52. The van der Waals surface area contributed by atoms with Gasteiger partial charge in [-0.2, -0.15) is 13.2 Å². The second-order valence-corrected chi connectivity index (χ2v) is 7.20. The van der Waals surface area contributed by atoms with Crippen LogP contribution >= 0.6 is 11.8 Å². The number of likely N-dealkylation sites (tertiary alicyclic amines) is 1. The maximum atomic E-state index is 12.1. The predicted molar refractivity (Wildman–Crippen MR) is 99.5 cm³/mol. The summed E-state index contributed by atoms with van der Waals surface area (Å²) in [6.07, 6.45) is -3.31. The molecule has 0 saturated carbocycles. The van der Waals surface area contributed by atoms with Gasteiger partial charge in [0.05, 0.1) is 5.92 Å². The van der Waals surface area contributed by atoms with Gasteiger partial charge in [0, 0.05) is 23.7 Å². The fraction of sp³-hybridized carbons (Fsp3) is 0.500. The summed E-state index contributed by atoms with van der Waals surface area (Å²) < 4.78 is 45.5. The molecule has 1 saturated heterocycles. The van der Waals surface area contributed by atoms with Gasteiger partial charge in [0.15, 0.2) is 13.2 Å². The number of piperidine rings is 1. The molecule has 0 atom stereocenters. The van der Waals surface area contributed by atoms with E-state index in [0.29, 0.717) is 5.69 Å². The quantitative estimate of drug-likeness (QED) is 0.546. The molecule has 29 heavy (non-hydrogen) atoms. The monoisotopic (exact) mass is 434 g/mol. The Labute approximate surface area is 169 Å². The Kier molecular flexibility index (Phi) is 8.18. The van der Waals surface area contributed by atoms with Crippen molar-refractivity contribution in [2.45, 2.75) is 23.9 Å². The van der Waals surface area contributed by atoms with E-state index in [0.717, 1.165) is 9.80 Å². The average molecular weight is 434 g/mol. The number of alkyl halides is 3. The molecule has 1 N–H and O–H groups in total. The number of esters is 1. The lowest BCUT2D eigenvalue weighted by Gasteiger charge is -2.30. The van der Waals surface area contributed by atoms with Crippen LogP contribution in [0.1, 0.15) is 12.8 Å². The van der Waals surface area contributed by atoms with Crippen molar-refractivity contribution >= 4 is 35.4 Å². The summed E-state index contributed by atoms with van der Waals surface area (Å²) in [5, 5.41) is 2.63. The number of hydrogen-bond acceptors (Lipinski definition) is 6. The number of halogens is 3. The number of nitrogens with zero attached hydrogens (tertiary/aromatic N) is 1. The zero-order valence-corrected chi connectivity index (χ0v) is 16.5. The molecule has 1 aromatic rings. The number of carbonyl (C=O) groups excluding carboxylic acids is 3. The molecule has 11 heteroatoms. The highest BCUT2D eigenvalue weighted by atomic mass is 32.2. The van der Waals surface area contributed by atoms with Gasteiger partial charge >= 0.3 is 18.2 Å². The minimum atomic E-state index is -4.59. The molecule has 2 amide bonds. The number of rotatable bonds is 6. The number of nitrogens with one attached hydrogen (secondary N) is 1. The Hall–Kier alpha value is -2.43. The molecule has 160 valence electrons. The van der Waals surface area contributed by atoms with Gasteiger partial charge in [-0.05, 0) is 37.3 Å². The maximum absolute atomic E-state index is 12.1. The van der Waals surface area contributed by atoms with E-state index < -0.39 is 43.3 Å². The van der Waals surface area contributed by atoms with Crippen LogP contribution < -0.4 is 5.32 Å². The number of thioether (sulfide) groups is 1. The summed E-state index contributed by atoms with van der Waals surface area (Å²) in [5.41, 5.74) is 0.587. The SMILES string of the molecule is CSc1cccc(NC(=O)COC(=O)C2CCN(C(=O)OCC(F)(F)F)CC2)c1. The third-order valence-electron chi connectivity index (χ3n) is 4.14. The molecule has 1 aromatic carbocycles. The normalized spacial score (nSPS) is 15.0. The van der Waals surface area contributed by atoms with Gasteiger partial charge < -0.3 is 19.7 Å². The minimum Gasteiger partial charge on any atom is -0.455 e. The van der Waals surface area contributed by atoms with E-state index in [1.165, 1.54) is 11.8 Å². The molecule has 0 aliphatic carbocycles. The summed E-state index contributed by atoms with van der Waals surface area (Å²) in [6, 6.07) is 7.19. The van der Waals surface area contributed by atoms with Crippen LogP contribution in [0.15, 0.2) is 29.2 Å². The van der Waals surface area contributed by atoms with Crippen molar-refractivity contribution in [3.05, 3.63) is 24.3 Å². The standard InChI is InChI=1S/C18H21F3N2O5S/c1-29-14-4-2-3-13(9-14)22-15(24)10-27-16(25)12-5-7-23(8-6-12)17(26)28-11-18(19,20)21/h2-4,9,12H,5-8,10-11H2,1H3,(H,22,24). The van der Waals surface area contributed by atoms with E-state index in [-0.39, 0.29) is 25.9 Å². The fourth-order valence-electron chi connectivity index (χ4n) is 2.69. The molecule has 0 aromatic heterocycles. The lowest BCUT2D eigenvalue weighted by Crippen LogP contribution is -2.42. The third-order valence-corrected chi connectivity index (χ3v) is 4.87. The lowest BCUT2D eigenvalue weighted by atomic mass is 9.97.